The van der Waals surface area contributed by atoms with Crippen LogP contribution in [0.5, 0.6) is 5.75 Å². The van der Waals surface area contributed by atoms with Gasteiger partial charge < -0.3 is 9.64 Å². The van der Waals surface area contributed by atoms with Crippen LogP contribution < -0.4 is 10.3 Å². The van der Waals surface area contributed by atoms with Gasteiger partial charge >= 0.3 is 0 Å². The molecule has 7 heteroatoms. The van der Waals surface area contributed by atoms with E-state index in [4.69, 9.17) is 16.3 Å². The van der Waals surface area contributed by atoms with E-state index in [1.54, 1.807) is 39.8 Å². The Morgan fingerprint density at radius 3 is 2.59 bits per heavy atom. The molecular weight excluding hydrogens is 390 g/mol. The summed E-state index contributed by atoms with van der Waals surface area (Å²) >= 11 is 6.09. The molecule has 3 aromatic rings. The van der Waals surface area contributed by atoms with Gasteiger partial charge in [-0.15, -0.1) is 0 Å². The molecule has 0 radical (unpaired) electrons. The molecule has 1 atom stereocenters. The van der Waals surface area contributed by atoms with Crippen LogP contribution in [0.25, 0.3) is 10.9 Å². The fourth-order valence-electron chi connectivity index (χ4n) is 3.39. The Morgan fingerprint density at radius 1 is 1.21 bits per heavy atom. The van der Waals surface area contributed by atoms with Crippen molar-refractivity contribution in [3.8, 4) is 5.75 Å². The second kappa shape index (κ2) is 9.09. The summed E-state index contributed by atoms with van der Waals surface area (Å²) in [5.41, 5.74) is 0.387. The minimum Gasteiger partial charge on any atom is -0.484 e. The highest BCUT2D eigenvalue weighted by atomic mass is 35.5. The maximum absolute atomic E-state index is 12.9. The van der Waals surface area contributed by atoms with Crippen LogP contribution in [-0.2, 0) is 11.3 Å². The first-order chi connectivity index (χ1) is 14.0. The molecule has 1 aromatic heterocycles. The first-order valence-corrected chi connectivity index (χ1v) is 10.0. The topological polar surface area (TPSA) is 64.4 Å². The van der Waals surface area contributed by atoms with Gasteiger partial charge in [-0.3, -0.25) is 14.2 Å². The van der Waals surface area contributed by atoms with Gasteiger partial charge in [-0.05, 0) is 51.1 Å². The predicted molar refractivity (Wildman–Crippen MR) is 114 cm³/mol. The number of halogens is 1. The van der Waals surface area contributed by atoms with Crippen molar-refractivity contribution in [1.29, 1.82) is 0 Å². The lowest BCUT2D eigenvalue weighted by atomic mass is 10.2. The summed E-state index contributed by atoms with van der Waals surface area (Å²) in [4.78, 5) is 32.1. The SMILES string of the molecule is CCN(C(=O)COc1ccccc1)C(C)c1nc2cc(Cl)ccc2c(=O)n1CC. The van der Waals surface area contributed by atoms with Gasteiger partial charge in [0.25, 0.3) is 11.5 Å². The number of nitrogens with zero attached hydrogens (tertiary/aromatic N) is 3. The van der Waals surface area contributed by atoms with Crippen molar-refractivity contribution in [1.82, 2.24) is 14.5 Å². The Hall–Kier alpha value is -2.86. The van der Waals surface area contributed by atoms with Gasteiger partial charge in [-0.25, -0.2) is 4.98 Å². The second-order valence-electron chi connectivity index (χ2n) is 6.64. The van der Waals surface area contributed by atoms with Crippen molar-refractivity contribution in [3.63, 3.8) is 0 Å². The molecule has 0 N–H and O–H groups in total. The van der Waals surface area contributed by atoms with E-state index in [2.05, 4.69) is 4.98 Å². The zero-order valence-corrected chi connectivity index (χ0v) is 17.5. The van der Waals surface area contributed by atoms with Gasteiger partial charge in [-0.1, -0.05) is 29.8 Å². The van der Waals surface area contributed by atoms with Gasteiger partial charge in [0.2, 0.25) is 0 Å². The Balaban J connectivity index is 1.92. The molecule has 0 saturated heterocycles. The van der Waals surface area contributed by atoms with Crippen LogP contribution in [0.4, 0.5) is 0 Å². The van der Waals surface area contributed by atoms with Gasteiger partial charge in [0.05, 0.1) is 16.9 Å². The van der Waals surface area contributed by atoms with E-state index in [0.717, 1.165) is 0 Å². The summed E-state index contributed by atoms with van der Waals surface area (Å²) in [7, 11) is 0. The smallest absolute Gasteiger partial charge is 0.261 e. The molecule has 0 aliphatic rings. The van der Waals surface area contributed by atoms with E-state index in [9.17, 15) is 9.59 Å². The highest BCUT2D eigenvalue weighted by Crippen LogP contribution is 2.22. The van der Waals surface area contributed by atoms with E-state index in [1.807, 2.05) is 39.0 Å². The van der Waals surface area contributed by atoms with Crippen LogP contribution >= 0.6 is 11.6 Å². The van der Waals surface area contributed by atoms with Crippen LogP contribution in [0, 0.1) is 0 Å². The monoisotopic (exact) mass is 413 g/mol. The average molecular weight is 414 g/mol. The largest absolute Gasteiger partial charge is 0.484 e. The first kappa shape index (κ1) is 20.9. The zero-order chi connectivity index (χ0) is 21.0. The summed E-state index contributed by atoms with van der Waals surface area (Å²) in [5, 5.41) is 1.02. The number of benzene rings is 2. The summed E-state index contributed by atoms with van der Waals surface area (Å²) in [6, 6.07) is 13.8. The lowest BCUT2D eigenvalue weighted by Gasteiger charge is -2.29. The van der Waals surface area contributed by atoms with Gasteiger partial charge in [0.15, 0.2) is 6.61 Å². The first-order valence-electron chi connectivity index (χ1n) is 9.63. The summed E-state index contributed by atoms with van der Waals surface area (Å²) in [5.74, 6) is 0.989. The molecule has 0 aliphatic carbocycles. The number of aromatic nitrogens is 2. The van der Waals surface area contributed by atoms with Crippen molar-refractivity contribution < 1.29 is 9.53 Å². The number of carbonyl (C=O) groups excluding carboxylic acids is 1. The predicted octanol–water partition coefficient (Wildman–Crippen LogP) is 4.06. The maximum atomic E-state index is 12.9. The standard InChI is InChI=1S/C22H24ClN3O3/c1-4-25(20(27)14-29-17-9-7-6-8-10-17)15(3)21-24-19-13-16(23)11-12-18(19)22(28)26(21)5-2/h6-13,15H,4-5,14H2,1-3H3. The van der Waals surface area contributed by atoms with Gasteiger partial charge in [0, 0.05) is 18.1 Å². The molecule has 0 aliphatic heterocycles. The Kier molecular flexibility index (Phi) is 6.54. The van der Waals surface area contributed by atoms with Crippen LogP contribution in [-0.4, -0.2) is 33.5 Å². The number of para-hydroxylation sites is 1. The molecular formula is C22H24ClN3O3. The normalized spacial score (nSPS) is 12.0. The van der Waals surface area contributed by atoms with Crippen LogP contribution in [0.3, 0.4) is 0 Å². The minimum absolute atomic E-state index is 0.0854. The Bertz CT molecular complexity index is 1070. The van der Waals surface area contributed by atoms with E-state index >= 15 is 0 Å². The summed E-state index contributed by atoms with van der Waals surface area (Å²) in [6.45, 7) is 6.48. The van der Waals surface area contributed by atoms with Crippen LogP contribution in [0.2, 0.25) is 5.02 Å². The van der Waals surface area contributed by atoms with Crippen molar-refractivity contribution >= 4 is 28.4 Å². The molecule has 1 amide bonds. The number of fused-ring (bicyclic) bond motifs is 1. The molecule has 0 spiro atoms. The molecule has 29 heavy (non-hydrogen) atoms. The Labute approximate surface area is 174 Å². The maximum Gasteiger partial charge on any atom is 0.261 e. The number of amides is 1. The highest BCUT2D eigenvalue weighted by Gasteiger charge is 2.25. The highest BCUT2D eigenvalue weighted by molar-refractivity contribution is 6.31. The molecule has 1 unspecified atom stereocenters. The molecule has 0 saturated carbocycles. The lowest BCUT2D eigenvalue weighted by Crippen LogP contribution is -2.39. The zero-order valence-electron chi connectivity index (χ0n) is 16.8. The number of hydrogen-bond donors (Lipinski definition) is 0. The number of rotatable bonds is 7. The van der Waals surface area contributed by atoms with E-state index in [0.29, 0.717) is 40.6 Å². The summed E-state index contributed by atoms with van der Waals surface area (Å²) < 4.78 is 7.21. The third kappa shape index (κ3) is 4.43. The molecule has 152 valence electrons. The number of ether oxygens (including phenoxy) is 1. The van der Waals surface area contributed by atoms with E-state index < -0.39 is 6.04 Å². The quantitative estimate of drug-likeness (QED) is 0.586. The van der Waals surface area contributed by atoms with Gasteiger partial charge in [0.1, 0.15) is 11.6 Å². The number of carbonyl (C=O) groups is 1. The van der Waals surface area contributed by atoms with Crippen LogP contribution in [0.15, 0.2) is 53.3 Å². The third-order valence-corrected chi connectivity index (χ3v) is 5.11. The van der Waals surface area contributed by atoms with Crippen LogP contribution in [0.1, 0.15) is 32.6 Å². The average Bonchev–Trinajstić information content (AvgIpc) is 2.73. The van der Waals surface area contributed by atoms with Crippen molar-refractivity contribution in [2.75, 3.05) is 13.2 Å². The molecule has 0 bridgehead atoms. The second-order valence-corrected chi connectivity index (χ2v) is 7.07. The van der Waals surface area contributed by atoms with Crippen molar-refractivity contribution in [2.45, 2.75) is 33.4 Å². The van der Waals surface area contributed by atoms with Gasteiger partial charge in [-0.2, -0.15) is 0 Å². The molecule has 1 heterocycles. The minimum atomic E-state index is -0.400. The number of hydrogen-bond acceptors (Lipinski definition) is 4. The molecule has 0 fully saturated rings. The van der Waals surface area contributed by atoms with Crippen molar-refractivity contribution in [2.24, 2.45) is 0 Å². The fourth-order valence-corrected chi connectivity index (χ4v) is 3.55. The van der Waals surface area contributed by atoms with E-state index in [1.165, 1.54) is 0 Å². The fraction of sp³-hybridized carbons (Fsp3) is 0.318. The molecule has 3 rings (SSSR count). The number of likely N-dealkylation sites (N-methyl/N-ethyl adjacent to an activating group) is 1. The summed E-state index contributed by atoms with van der Waals surface area (Å²) in [6.07, 6.45) is 0. The molecule has 6 nitrogen and oxygen atoms in total. The van der Waals surface area contributed by atoms with Crippen molar-refractivity contribution in [3.05, 3.63) is 69.7 Å². The Morgan fingerprint density at radius 2 is 1.93 bits per heavy atom. The van der Waals surface area contributed by atoms with E-state index in [-0.39, 0.29) is 18.1 Å². The third-order valence-electron chi connectivity index (χ3n) is 4.87. The lowest BCUT2D eigenvalue weighted by molar-refractivity contribution is -0.135. The molecule has 2 aromatic carbocycles.